The van der Waals surface area contributed by atoms with Crippen molar-refractivity contribution in [3.63, 3.8) is 0 Å². The molecule has 2 aliphatic rings. The maximum absolute atomic E-state index is 13.1. The van der Waals surface area contributed by atoms with E-state index in [0.29, 0.717) is 6.04 Å². The predicted octanol–water partition coefficient (Wildman–Crippen LogP) is 2.96. The van der Waals surface area contributed by atoms with E-state index in [1.165, 1.54) is 16.8 Å². The molecule has 1 unspecified atom stereocenters. The van der Waals surface area contributed by atoms with Crippen LogP contribution in [0.15, 0.2) is 48.5 Å². The van der Waals surface area contributed by atoms with Crippen LogP contribution in [-0.4, -0.2) is 49.1 Å². The fraction of sp³-hybridized carbons (Fsp3) is 0.400. The number of fused-ring (bicyclic) bond motifs is 2. The monoisotopic (exact) mass is 325 g/mol. The minimum absolute atomic E-state index is 0.160. The van der Waals surface area contributed by atoms with Crippen LogP contribution < -0.4 is 4.90 Å². The largest absolute Gasteiger partial charge is 0.373 e. The molecule has 1 fully saturated rings. The first-order valence-electron chi connectivity index (χ1n) is 8.69. The summed E-state index contributed by atoms with van der Waals surface area (Å²) in [5.74, 6) is -0.160. The zero-order valence-corrected chi connectivity index (χ0v) is 14.2. The molecule has 0 N–H and O–H groups in total. The number of likely N-dealkylation sites (N-methyl/N-ethyl adjacent to an activating group) is 1. The SMILES string of the molecule is CN1CC2CN(Cc3ccc(F)cc3)CCN2Cc2ccccc21. The predicted molar refractivity (Wildman–Crippen MR) is 95.6 cm³/mol. The summed E-state index contributed by atoms with van der Waals surface area (Å²) >= 11 is 0. The second-order valence-electron chi connectivity index (χ2n) is 7.00. The molecule has 0 aliphatic carbocycles. The standard InChI is InChI=1S/C20H24FN3/c1-22-14-19-15-23(12-16-6-8-18(21)9-7-16)10-11-24(19)13-17-4-2-3-5-20(17)22/h2-9,19H,10-15H2,1H3. The van der Waals surface area contributed by atoms with Gasteiger partial charge in [0.05, 0.1) is 0 Å². The van der Waals surface area contributed by atoms with Gasteiger partial charge < -0.3 is 4.90 Å². The lowest BCUT2D eigenvalue weighted by Crippen LogP contribution is -2.54. The summed E-state index contributed by atoms with van der Waals surface area (Å²) in [6, 6.07) is 16.2. The molecule has 4 heteroatoms. The van der Waals surface area contributed by atoms with Crippen LogP contribution in [0.5, 0.6) is 0 Å². The van der Waals surface area contributed by atoms with Gasteiger partial charge in [0.25, 0.3) is 0 Å². The Morgan fingerprint density at radius 1 is 1.00 bits per heavy atom. The first-order valence-corrected chi connectivity index (χ1v) is 8.69. The molecule has 0 bridgehead atoms. The number of hydrogen-bond acceptors (Lipinski definition) is 3. The van der Waals surface area contributed by atoms with Crippen molar-refractivity contribution in [3.8, 4) is 0 Å². The van der Waals surface area contributed by atoms with Crippen LogP contribution in [0.2, 0.25) is 0 Å². The number of benzene rings is 2. The Kier molecular flexibility index (Phi) is 4.25. The van der Waals surface area contributed by atoms with Crippen LogP contribution in [0.25, 0.3) is 0 Å². The van der Waals surface area contributed by atoms with Crippen molar-refractivity contribution in [2.24, 2.45) is 0 Å². The molecule has 3 nitrogen and oxygen atoms in total. The molecule has 1 saturated heterocycles. The summed E-state index contributed by atoms with van der Waals surface area (Å²) < 4.78 is 13.1. The van der Waals surface area contributed by atoms with Crippen molar-refractivity contribution in [1.82, 2.24) is 9.80 Å². The Labute approximate surface area is 143 Å². The van der Waals surface area contributed by atoms with Gasteiger partial charge in [-0.15, -0.1) is 0 Å². The van der Waals surface area contributed by atoms with Gasteiger partial charge in [-0.2, -0.15) is 0 Å². The Bertz CT molecular complexity index is 700. The smallest absolute Gasteiger partial charge is 0.123 e. The summed E-state index contributed by atoms with van der Waals surface area (Å²) in [5, 5.41) is 0. The van der Waals surface area contributed by atoms with Crippen LogP contribution in [0.4, 0.5) is 10.1 Å². The number of halogens is 1. The van der Waals surface area contributed by atoms with E-state index in [9.17, 15) is 4.39 Å². The third-order valence-corrected chi connectivity index (χ3v) is 5.27. The lowest BCUT2D eigenvalue weighted by Gasteiger charge is -2.41. The van der Waals surface area contributed by atoms with Gasteiger partial charge in [0.15, 0.2) is 0 Å². The van der Waals surface area contributed by atoms with E-state index >= 15 is 0 Å². The molecule has 2 aromatic rings. The topological polar surface area (TPSA) is 9.72 Å². The van der Waals surface area contributed by atoms with E-state index < -0.39 is 0 Å². The molecule has 2 aliphatic heterocycles. The minimum Gasteiger partial charge on any atom is -0.373 e. The fourth-order valence-electron chi connectivity index (χ4n) is 3.98. The summed E-state index contributed by atoms with van der Waals surface area (Å²) in [6.45, 7) is 6.22. The van der Waals surface area contributed by atoms with E-state index in [1.807, 2.05) is 12.1 Å². The third kappa shape index (κ3) is 3.17. The van der Waals surface area contributed by atoms with E-state index in [1.54, 1.807) is 12.1 Å². The Morgan fingerprint density at radius 2 is 1.79 bits per heavy atom. The van der Waals surface area contributed by atoms with Crippen molar-refractivity contribution in [2.75, 3.05) is 38.1 Å². The molecular formula is C20H24FN3. The first-order chi connectivity index (χ1) is 11.7. The van der Waals surface area contributed by atoms with Gasteiger partial charge in [0.2, 0.25) is 0 Å². The van der Waals surface area contributed by atoms with Gasteiger partial charge in [0, 0.05) is 58.0 Å². The zero-order valence-electron chi connectivity index (χ0n) is 14.2. The van der Waals surface area contributed by atoms with Crippen LogP contribution in [0.1, 0.15) is 11.1 Å². The van der Waals surface area contributed by atoms with Gasteiger partial charge in [-0.1, -0.05) is 30.3 Å². The first kappa shape index (κ1) is 15.6. The number of hydrogen-bond donors (Lipinski definition) is 0. The molecule has 126 valence electrons. The van der Waals surface area contributed by atoms with Crippen LogP contribution in [-0.2, 0) is 13.1 Å². The average Bonchev–Trinajstić information content (AvgIpc) is 2.73. The molecule has 0 saturated carbocycles. The average molecular weight is 325 g/mol. The van der Waals surface area contributed by atoms with Crippen LogP contribution in [0.3, 0.4) is 0 Å². The van der Waals surface area contributed by atoms with Crippen LogP contribution in [0, 0.1) is 5.82 Å². The molecular weight excluding hydrogens is 301 g/mol. The van der Waals surface area contributed by atoms with Gasteiger partial charge in [-0.05, 0) is 29.3 Å². The van der Waals surface area contributed by atoms with Crippen molar-refractivity contribution in [3.05, 3.63) is 65.5 Å². The van der Waals surface area contributed by atoms with Crippen molar-refractivity contribution in [1.29, 1.82) is 0 Å². The fourth-order valence-corrected chi connectivity index (χ4v) is 3.98. The Balaban J connectivity index is 1.46. The van der Waals surface area contributed by atoms with E-state index in [0.717, 1.165) is 39.3 Å². The van der Waals surface area contributed by atoms with Gasteiger partial charge >= 0.3 is 0 Å². The number of piperazine rings is 1. The van der Waals surface area contributed by atoms with Crippen LogP contribution >= 0.6 is 0 Å². The Hall–Kier alpha value is -1.91. The molecule has 1 atom stereocenters. The maximum atomic E-state index is 13.1. The Morgan fingerprint density at radius 3 is 2.62 bits per heavy atom. The summed E-state index contributed by atoms with van der Waals surface area (Å²) in [6.07, 6.45) is 0. The minimum atomic E-state index is -0.160. The third-order valence-electron chi connectivity index (χ3n) is 5.27. The van der Waals surface area contributed by atoms with E-state index in [2.05, 4.69) is 46.0 Å². The number of anilines is 1. The summed E-state index contributed by atoms with van der Waals surface area (Å²) in [4.78, 5) is 7.50. The molecule has 0 amide bonds. The molecule has 24 heavy (non-hydrogen) atoms. The molecule has 0 aromatic heterocycles. The lowest BCUT2D eigenvalue weighted by atomic mass is 10.1. The second kappa shape index (κ2) is 6.54. The van der Waals surface area contributed by atoms with Crippen molar-refractivity contribution >= 4 is 5.69 Å². The van der Waals surface area contributed by atoms with E-state index in [-0.39, 0.29) is 5.82 Å². The highest BCUT2D eigenvalue weighted by molar-refractivity contribution is 5.54. The summed E-state index contributed by atoms with van der Waals surface area (Å²) in [5.41, 5.74) is 3.97. The highest BCUT2D eigenvalue weighted by atomic mass is 19.1. The zero-order chi connectivity index (χ0) is 16.5. The second-order valence-corrected chi connectivity index (χ2v) is 7.00. The highest BCUT2D eigenvalue weighted by Crippen LogP contribution is 2.27. The molecule has 2 aromatic carbocycles. The molecule has 0 radical (unpaired) electrons. The normalized spacial score (nSPS) is 21.9. The van der Waals surface area contributed by atoms with E-state index in [4.69, 9.17) is 0 Å². The lowest BCUT2D eigenvalue weighted by molar-refractivity contribution is 0.0705. The quantitative estimate of drug-likeness (QED) is 0.840. The van der Waals surface area contributed by atoms with Crippen molar-refractivity contribution in [2.45, 2.75) is 19.1 Å². The van der Waals surface area contributed by atoms with Gasteiger partial charge in [0.1, 0.15) is 5.82 Å². The number of rotatable bonds is 2. The molecule has 4 rings (SSSR count). The molecule has 0 spiro atoms. The highest BCUT2D eigenvalue weighted by Gasteiger charge is 2.31. The number of nitrogens with zero attached hydrogens (tertiary/aromatic N) is 3. The van der Waals surface area contributed by atoms with Gasteiger partial charge in [-0.25, -0.2) is 4.39 Å². The van der Waals surface area contributed by atoms with Gasteiger partial charge in [-0.3, -0.25) is 9.80 Å². The summed E-state index contributed by atoms with van der Waals surface area (Å²) in [7, 11) is 2.20. The maximum Gasteiger partial charge on any atom is 0.123 e. The number of para-hydroxylation sites is 1. The molecule has 2 heterocycles. The van der Waals surface area contributed by atoms with Crippen molar-refractivity contribution < 1.29 is 4.39 Å².